The van der Waals surface area contributed by atoms with Gasteiger partial charge in [-0.2, -0.15) is 0 Å². The highest BCUT2D eigenvalue weighted by Crippen LogP contribution is 2.39. The Morgan fingerprint density at radius 2 is 2.00 bits per heavy atom. The summed E-state index contributed by atoms with van der Waals surface area (Å²) in [5.74, 6) is -1.02. The number of ether oxygens (including phenoxy) is 4. The van der Waals surface area contributed by atoms with Crippen molar-refractivity contribution in [3.8, 4) is 0 Å². The molecule has 2 aliphatic heterocycles. The fraction of sp³-hybridized carbons (Fsp3) is 0.900. The van der Waals surface area contributed by atoms with Crippen LogP contribution < -0.4 is 0 Å². The van der Waals surface area contributed by atoms with Gasteiger partial charge in [-0.3, -0.25) is 4.79 Å². The second-order valence-corrected chi connectivity index (χ2v) is 4.82. The molecule has 16 heavy (non-hydrogen) atoms. The molecular formula is C10H15ClO5. The van der Waals surface area contributed by atoms with E-state index in [1.807, 2.05) is 13.8 Å². The van der Waals surface area contributed by atoms with Gasteiger partial charge in [-0.25, -0.2) is 0 Å². The summed E-state index contributed by atoms with van der Waals surface area (Å²) < 4.78 is 21.6. The second kappa shape index (κ2) is 4.14. The number of hydrogen-bond acceptors (Lipinski definition) is 5. The fourth-order valence-corrected chi connectivity index (χ4v) is 2.29. The van der Waals surface area contributed by atoms with Gasteiger partial charge >= 0.3 is 5.97 Å². The zero-order valence-electron chi connectivity index (χ0n) is 9.44. The van der Waals surface area contributed by atoms with E-state index in [4.69, 9.17) is 30.5 Å². The molecular weight excluding hydrogens is 236 g/mol. The maximum absolute atomic E-state index is 10.7. The molecule has 2 rings (SSSR count). The van der Waals surface area contributed by atoms with Crippen LogP contribution in [0.3, 0.4) is 0 Å². The van der Waals surface area contributed by atoms with Crippen molar-refractivity contribution in [2.45, 2.75) is 50.4 Å². The molecule has 6 heteroatoms. The van der Waals surface area contributed by atoms with E-state index >= 15 is 0 Å². The molecule has 0 aromatic rings. The Morgan fingerprint density at radius 1 is 1.38 bits per heavy atom. The summed E-state index contributed by atoms with van der Waals surface area (Å²) >= 11 is 5.98. The number of rotatable bonds is 2. The van der Waals surface area contributed by atoms with E-state index in [-0.39, 0.29) is 30.9 Å². The average molecular weight is 251 g/mol. The van der Waals surface area contributed by atoms with Crippen molar-refractivity contribution in [2.24, 2.45) is 0 Å². The number of halogens is 1. The van der Waals surface area contributed by atoms with Crippen LogP contribution in [0, 0.1) is 0 Å². The van der Waals surface area contributed by atoms with Crippen molar-refractivity contribution in [1.29, 1.82) is 0 Å². The molecule has 92 valence electrons. The van der Waals surface area contributed by atoms with Crippen LogP contribution in [0.25, 0.3) is 0 Å². The first kappa shape index (κ1) is 12.1. The number of alkyl halides is 1. The molecule has 0 saturated carbocycles. The lowest BCUT2D eigenvalue weighted by molar-refractivity contribution is -0.185. The predicted octanol–water partition coefficient (Wildman–Crippen LogP) is 1.03. The lowest BCUT2D eigenvalue weighted by Crippen LogP contribution is -2.33. The van der Waals surface area contributed by atoms with Crippen LogP contribution in [-0.4, -0.2) is 42.2 Å². The minimum absolute atomic E-state index is 0.138. The first-order valence-corrected chi connectivity index (χ1v) is 5.61. The quantitative estimate of drug-likeness (QED) is 0.541. The van der Waals surface area contributed by atoms with Gasteiger partial charge in [-0.1, -0.05) is 11.6 Å². The van der Waals surface area contributed by atoms with E-state index in [0.717, 1.165) is 0 Å². The van der Waals surface area contributed by atoms with E-state index in [2.05, 4.69) is 0 Å². The highest BCUT2D eigenvalue weighted by molar-refractivity contribution is 6.20. The van der Waals surface area contributed by atoms with E-state index < -0.39 is 11.4 Å². The van der Waals surface area contributed by atoms with Gasteiger partial charge in [0.1, 0.15) is 24.9 Å². The van der Waals surface area contributed by atoms with Crippen LogP contribution in [0.4, 0.5) is 0 Å². The Bertz CT molecular complexity index is 293. The van der Waals surface area contributed by atoms with E-state index in [9.17, 15) is 4.79 Å². The highest BCUT2D eigenvalue weighted by atomic mass is 35.5. The summed E-state index contributed by atoms with van der Waals surface area (Å²) in [7, 11) is 0. The topological polar surface area (TPSA) is 54.0 Å². The smallest absolute Gasteiger partial charge is 0.302 e. The lowest BCUT2D eigenvalue weighted by atomic mass is 10.1. The molecule has 0 radical (unpaired) electrons. The third-order valence-corrected chi connectivity index (χ3v) is 2.90. The first-order valence-electron chi connectivity index (χ1n) is 5.17. The molecule has 0 aromatic heterocycles. The van der Waals surface area contributed by atoms with Crippen molar-refractivity contribution in [2.75, 3.05) is 6.61 Å². The number of hydrogen-bond donors (Lipinski definition) is 0. The molecule has 2 fully saturated rings. The Kier molecular flexibility index (Phi) is 3.13. The molecule has 4 atom stereocenters. The lowest BCUT2D eigenvalue weighted by Gasteiger charge is -2.22. The van der Waals surface area contributed by atoms with Gasteiger partial charge in [0.05, 0.1) is 0 Å². The summed E-state index contributed by atoms with van der Waals surface area (Å²) in [5.41, 5.74) is -0.563. The van der Waals surface area contributed by atoms with E-state index in [0.29, 0.717) is 0 Å². The SMILES string of the molecule is CC(=O)OC[C@H]1O[C@@H](Cl)[C@@H]2OC(C)(C)O[C@@H]21. The van der Waals surface area contributed by atoms with E-state index in [1.54, 1.807) is 0 Å². The molecule has 0 aliphatic carbocycles. The van der Waals surface area contributed by atoms with Gasteiger partial charge < -0.3 is 18.9 Å². The molecule has 0 aromatic carbocycles. The number of carbonyl (C=O) groups is 1. The molecule has 2 aliphatic rings. The fourth-order valence-electron chi connectivity index (χ4n) is 1.96. The molecule has 2 heterocycles. The molecule has 2 saturated heterocycles. The van der Waals surface area contributed by atoms with Gasteiger partial charge in [0.25, 0.3) is 0 Å². The number of fused-ring (bicyclic) bond motifs is 1. The Hall–Kier alpha value is -0.360. The Balaban J connectivity index is 1.99. The number of carbonyl (C=O) groups excluding carboxylic acids is 1. The van der Waals surface area contributed by atoms with Crippen LogP contribution in [-0.2, 0) is 23.7 Å². The Labute approximate surface area is 98.9 Å². The van der Waals surface area contributed by atoms with Crippen LogP contribution in [0.5, 0.6) is 0 Å². The van der Waals surface area contributed by atoms with Gasteiger partial charge in [-0.05, 0) is 13.8 Å². The minimum atomic E-state index is -0.666. The third kappa shape index (κ3) is 2.32. The molecule has 0 N–H and O–H groups in total. The average Bonchev–Trinajstić information content (AvgIpc) is 2.59. The summed E-state index contributed by atoms with van der Waals surface area (Å²) in [4.78, 5) is 10.7. The maximum Gasteiger partial charge on any atom is 0.302 e. The van der Waals surface area contributed by atoms with Gasteiger partial charge in [0.15, 0.2) is 11.4 Å². The number of esters is 1. The van der Waals surface area contributed by atoms with Gasteiger partial charge in [-0.15, -0.1) is 0 Å². The van der Waals surface area contributed by atoms with Gasteiger partial charge in [0, 0.05) is 6.92 Å². The summed E-state index contributed by atoms with van der Waals surface area (Å²) in [6.07, 6.45) is -0.952. The molecule has 0 unspecified atom stereocenters. The second-order valence-electron chi connectivity index (χ2n) is 4.39. The third-order valence-electron chi connectivity index (χ3n) is 2.54. The highest BCUT2D eigenvalue weighted by Gasteiger charge is 2.54. The summed E-state index contributed by atoms with van der Waals surface area (Å²) in [6.45, 7) is 5.12. The van der Waals surface area contributed by atoms with Crippen LogP contribution in [0.15, 0.2) is 0 Å². The minimum Gasteiger partial charge on any atom is -0.463 e. The Morgan fingerprint density at radius 3 is 2.62 bits per heavy atom. The van der Waals surface area contributed by atoms with E-state index in [1.165, 1.54) is 6.92 Å². The van der Waals surface area contributed by atoms with Crippen molar-refractivity contribution in [3.63, 3.8) is 0 Å². The zero-order chi connectivity index (χ0) is 11.9. The maximum atomic E-state index is 10.7. The molecule has 0 amide bonds. The van der Waals surface area contributed by atoms with Crippen molar-refractivity contribution in [3.05, 3.63) is 0 Å². The van der Waals surface area contributed by atoms with Crippen LogP contribution >= 0.6 is 11.6 Å². The summed E-state index contributed by atoms with van der Waals surface area (Å²) in [6, 6.07) is 0. The first-order chi connectivity index (χ1) is 7.39. The standard InChI is InChI=1S/C10H15ClO5/c1-5(12)13-4-6-7-8(9(11)14-6)16-10(2,3)15-7/h6-9H,4H2,1-3H3/t6-,7-,8-,9-/m1/s1. The molecule has 0 bridgehead atoms. The summed E-state index contributed by atoms with van der Waals surface area (Å²) in [5, 5.41) is 0. The van der Waals surface area contributed by atoms with Crippen molar-refractivity contribution < 1.29 is 23.7 Å². The van der Waals surface area contributed by atoms with Gasteiger partial charge in [0.2, 0.25) is 0 Å². The molecule has 0 spiro atoms. The zero-order valence-corrected chi connectivity index (χ0v) is 10.2. The molecule has 5 nitrogen and oxygen atoms in total. The monoisotopic (exact) mass is 250 g/mol. The largest absolute Gasteiger partial charge is 0.463 e. The van der Waals surface area contributed by atoms with Crippen LogP contribution in [0.2, 0.25) is 0 Å². The van der Waals surface area contributed by atoms with Crippen LogP contribution in [0.1, 0.15) is 20.8 Å². The van der Waals surface area contributed by atoms with Crippen molar-refractivity contribution in [1.82, 2.24) is 0 Å². The van der Waals surface area contributed by atoms with Crippen molar-refractivity contribution >= 4 is 17.6 Å². The predicted molar refractivity (Wildman–Crippen MR) is 55.0 cm³/mol. The normalized spacial score (nSPS) is 40.8.